The maximum atomic E-state index is 12.4. The Morgan fingerprint density at radius 1 is 1.10 bits per heavy atom. The van der Waals surface area contributed by atoms with Crippen molar-refractivity contribution in [2.75, 3.05) is 17.4 Å². The van der Waals surface area contributed by atoms with Crippen molar-refractivity contribution in [3.63, 3.8) is 0 Å². The fourth-order valence-corrected chi connectivity index (χ4v) is 4.95. The normalized spacial score (nSPS) is 19.8. The quantitative estimate of drug-likeness (QED) is 0.587. The number of anilines is 1. The first kappa shape index (κ1) is 20.2. The number of nitrogens with one attached hydrogen (secondary N) is 1. The lowest BCUT2D eigenvalue weighted by Crippen LogP contribution is -2.29. The Morgan fingerprint density at radius 2 is 1.87 bits per heavy atom. The molecule has 2 aromatic rings. The molecule has 0 aliphatic carbocycles. The summed E-state index contributed by atoms with van der Waals surface area (Å²) < 4.78 is 26.5. The molecule has 1 fully saturated rings. The van der Waals surface area contributed by atoms with Crippen LogP contribution in [0.2, 0.25) is 0 Å². The van der Waals surface area contributed by atoms with E-state index < -0.39 is 22.3 Å². The largest absolute Gasteiger partial charge is 0.506 e. The van der Waals surface area contributed by atoms with Crippen LogP contribution in [-0.2, 0) is 21.4 Å². The number of aliphatic hydroxyl groups is 1. The highest BCUT2D eigenvalue weighted by Crippen LogP contribution is 2.33. The van der Waals surface area contributed by atoms with Gasteiger partial charge in [-0.2, -0.15) is 8.42 Å². The van der Waals surface area contributed by atoms with E-state index in [-0.39, 0.29) is 23.9 Å². The van der Waals surface area contributed by atoms with Gasteiger partial charge in [-0.3, -0.25) is 9.59 Å². The molecule has 1 saturated heterocycles. The van der Waals surface area contributed by atoms with Gasteiger partial charge in [0.15, 0.2) is 6.23 Å². The minimum atomic E-state index is -3.98. The number of carbonyl (C=O) groups excluding carboxylic acids is 2. The Morgan fingerprint density at radius 3 is 2.53 bits per heavy atom. The van der Waals surface area contributed by atoms with Crippen LogP contribution in [0, 0.1) is 0 Å². The van der Waals surface area contributed by atoms with E-state index in [0.717, 1.165) is 9.87 Å². The lowest BCUT2D eigenvalue weighted by atomic mass is 10.1. The monoisotopic (exact) mass is 431 g/mol. The van der Waals surface area contributed by atoms with Crippen LogP contribution in [0.15, 0.2) is 42.5 Å². The molecule has 1 atom stereocenters. The molecule has 4 rings (SSSR count). The average Bonchev–Trinajstić information content (AvgIpc) is 3.11. The Bertz CT molecular complexity index is 1120. The van der Waals surface area contributed by atoms with Crippen LogP contribution in [0.5, 0.6) is 5.75 Å². The first-order valence-corrected chi connectivity index (χ1v) is 10.9. The van der Waals surface area contributed by atoms with Gasteiger partial charge in [0.1, 0.15) is 12.3 Å². The number of rotatable bonds is 6. The van der Waals surface area contributed by atoms with Crippen LogP contribution >= 0.6 is 0 Å². The second kappa shape index (κ2) is 7.62. The summed E-state index contributed by atoms with van der Waals surface area (Å²) >= 11 is 0. The molecular weight excluding hydrogens is 410 g/mol. The van der Waals surface area contributed by atoms with E-state index in [2.05, 4.69) is 0 Å². The van der Waals surface area contributed by atoms with Crippen LogP contribution in [0.25, 0.3) is 0 Å². The van der Waals surface area contributed by atoms with Gasteiger partial charge in [0.25, 0.3) is 11.8 Å². The molecule has 2 aliphatic heterocycles. The summed E-state index contributed by atoms with van der Waals surface area (Å²) in [6.45, 7) is 0.0301. The van der Waals surface area contributed by atoms with Gasteiger partial charge in [-0.1, -0.05) is 24.3 Å². The molecule has 0 aromatic heterocycles. The van der Waals surface area contributed by atoms with Crippen molar-refractivity contribution in [1.29, 1.82) is 0 Å². The van der Waals surface area contributed by atoms with Crippen molar-refractivity contribution in [1.82, 2.24) is 9.62 Å². The van der Waals surface area contributed by atoms with E-state index >= 15 is 0 Å². The Kier molecular flexibility index (Phi) is 5.12. The number of phenols is 1. The zero-order chi connectivity index (χ0) is 21.5. The number of aryl methyl sites for hydroxylation is 1. The summed E-state index contributed by atoms with van der Waals surface area (Å²) in [6, 6.07) is 11.6. The van der Waals surface area contributed by atoms with Gasteiger partial charge >= 0.3 is 10.2 Å². The van der Waals surface area contributed by atoms with Crippen LogP contribution in [0.1, 0.15) is 40.6 Å². The second-order valence-electron chi connectivity index (χ2n) is 7.28. The Hall–Kier alpha value is -3.11. The summed E-state index contributed by atoms with van der Waals surface area (Å²) in [5, 5.41) is 20.6. The molecule has 30 heavy (non-hydrogen) atoms. The first-order chi connectivity index (χ1) is 14.3. The van der Waals surface area contributed by atoms with Crippen molar-refractivity contribution in [2.24, 2.45) is 0 Å². The summed E-state index contributed by atoms with van der Waals surface area (Å²) in [4.78, 5) is 25.2. The molecule has 0 bridgehead atoms. The highest BCUT2D eigenvalue weighted by atomic mass is 32.2. The predicted octanol–water partition coefficient (Wildman–Crippen LogP) is 1.04. The van der Waals surface area contributed by atoms with Crippen molar-refractivity contribution >= 4 is 27.7 Å². The lowest BCUT2D eigenvalue weighted by molar-refractivity contribution is -0.117. The number of hydrogen-bond donors (Lipinski definition) is 3. The van der Waals surface area contributed by atoms with Crippen molar-refractivity contribution in [3.8, 4) is 5.75 Å². The van der Waals surface area contributed by atoms with Crippen LogP contribution < -0.4 is 9.03 Å². The third kappa shape index (κ3) is 3.59. The molecule has 2 aliphatic rings. The summed E-state index contributed by atoms with van der Waals surface area (Å²) in [7, 11) is -3.98. The van der Waals surface area contributed by atoms with E-state index in [4.69, 9.17) is 0 Å². The number of carbonyl (C=O) groups is 2. The van der Waals surface area contributed by atoms with Gasteiger partial charge in [0.05, 0.1) is 5.69 Å². The van der Waals surface area contributed by atoms with Crippen LogP contribution in [0.4, 0.5) is 5.69 Å². The number of benzene rings is 2. The second-order valence-corrected chi connectivity index (χ2v) is 8.87. The predicted molar refractivity (Wildman–Crippen MR) is 108 cm³/mol. The van der Waals surface area contributed by atoms with Gasteiger partial charge < -0.3 is 15.1 Å². The zero-order valence-electron chi connectivity index (χ0n) is 16.0. The summed E-state index contributed by atoms with van der Waals surface area (Å²) in [5.74, 6) is -1.07. The van der Waals surface area contributed by atoms with Crippen molar-refractivity contribution < 1.29 is 28.2 Å². The molecule has 2 amide bonds. The molecule has 9 nitrogen and oxygen atoms in total. The standard InChI is InChI=1S/C20H21N3O6S/c24-17-11-13(8-9-16(17)23-12-18(25)21-30(23,28)29)5-3-4-10-22-19(26)14-6-1-2-7-15(14)20(22)27/h1-2,6-9,11,19,24,26H,3-5,10,12H2,(H,21,25). The fraction of sp³-hybridized carbons (Fsp3) is 0.300. The van der Waals surface area contributed by atoms with Crippen molar-refractivity contribution in [2.45, 2.75) is 25.5 Å². The third-order valence-corrected chi connectivity index (χ3v) is 6.66. The molecule has 10 heteroatoms. The van der Waals surface area contributed by atoms with E-state index in [0.29, 0.717) is 36.9 Å². The van der Waals surface area contributed by atoms with E-state index in [1.54, 1.807) is 30.3 Å². The highest BCUT2D eigenvalue weighted by Gasteiger charge is 2.36. The molecule has 0 spiro atoms. The summed E-state index contributed by atoms with van der Waals surface area (Å²) in [5.41, 5.74) is 1.98. The van der Waals surface area contributed by atoms with Gasteiger partial charge in [-0.05, 0) is 43.0 Å². The van der Waals surface area contributed by atoms with E-state index in [1.165, 1.54) is 17.0 Å². The molecule has 0 radical (unpaired) electrons. The minimum Gasteiger partial charge on any atom is -0.506 e. The fourth-order valence-electron chi connectivity index (χ4n) is 3.78. The van der Waals surface area contributed by atoms with Gasteiger partial charge in [0.2, 0.25) is 0 Å². The summed E-state index contributed by atoms with van der Waals surface area (Å²) in [6.07, 6.45) is 1.02. The van der Waals surface area contributed by atoms with Crippen molar-refractivity contribution in [3.05, 3.63) is 59.2 Å². The van der Waals surface area contributed by atoms with Crippen LogP contribution in [0.3, 0.4) is 0 Å². The molecule has 2 aromatic carbocycles. The number of hydrogen-bond acceptors (Lipinski definition) is 6. The maximum Gasteiger partial charge on any atom is 0.326 e. The van der Waals surface area contributed by atoms with Gasteiger partial charge in [-0.15, -0.1) is 0 Å². The maximum absolute atomic E-state index is 12.4. The zero-order valence-corrected chi connectivity index (χ0v) is 16.8. The number of aromatic hydroxyl groups is 1. The number of aliphatic hydroxyl groups excluding tert-OH is 1. The smallest absolute Gasteiger partial charge is 0.326 e. The average molecular weight is 431 g/mol. The first-order valence-electron chi connectivity index (χ1n) is 9.51. The molecule has 158 valence electrons. The molecule has 1 unspecified atom stereocenters. The van der Waals surface area contributed by atoms with Crippen LogP contribution in [-0.4, -0.2) is 48.4 Å². The molecule has 0 saturated carbocycles. The Balaban J connectivity index is 1.34. The number of fused-ring (bicyclic) bond motifs is 1. The number of unbranched alkanes of at least 4 members (excludes halogenated alkanes) is 1. The van der Waals surface area contributed by atoms with E-state index in [9.17, 15) is 28.2 Å². The van der Waals surface area contributed by atoms with Gasteiger partial charge in [0, 0.05) is 17.7 Å². The number of phenolic OH excluding ortho intramolecular Hbond substituents is 1. The Labute approximate surface area is 173 Å². The van der Waals surface area contributed by atoms with Gasteiger partial charge in [-0.25, -0.2) is 9.03 Å². The topological polar surface area (TPSA) is 127 Å². The molecule has 2 heterocycles. The number of nitrogens with zero attached hydrogens (tertiary/aromatic N) is 2. The molecule has 3 N–H and O–H groups in total. The molecular formula is C20H21N3O6S. The highest BCUT2D eigenvalue weighted by molar-refractivity contribution is 7.92. The SMILES string of the molecule is O=C1CN(c2ccc(CCCCN3C(=O)c4ccccc4C3O)cc2O)S(=O)(=O)N1. The minimum absolute atomic E-state index is 0.0423. The lowest BCUT2D eigenvalue weighted by Gasteiger charge is -2.20. The number of amides is 2. The third-order valence-electron chi connectivity index (χ3n) is 5.27. The van der Waals surface area contributed by atoms with E-state index in [1.807, 2.05) is 4.72 Å².